The topological polar surface area (TPSA) is 93.5 Å². The van der Waals surface area contributed by atoms with Gasteiger partial charge in [0.25, 0.3) is 0 Å². The smallest absolute Gasteiger partial charge is 0.328 e. The molecule has 2 N–H and O–H groups in total. The van der Waals surface area contributed by atoms with Gasteiger partial charge in [-0.05, 0) is 48.9 Å². The molecule has 0 bridgehead atoms. The Hall–Kier alpha value is -2.85. The number of carboxylic acids is 2. The quantitative estimate of drug-likeness (QED) is 0.600. The maximum absolute atomic E-state index is 9.55. The predicted molar refractivity (Wildman–Crippen MR) is 140 cm³/mol. The van der Waals surface area contributed by atoms with Gasteiger partial charge in [-0.25, -0.2) is 9.59 Å². The number of piperazine rings is 1. The van der Waals surface area contributed by atoms with E-state index in [0.29, 0.717) is 18.2 Å². The van der Waals surface area contributed by atoms with Gasteiger partial charge < -0.3 is 24.7 Å². The summed E-state index contributed by atoms with van der Waals surface area (Å²) >= 11 is 1.95. The van der Waals surface area contributed by atoms with Gasteiger partial charge in [0, 0.05) is 72.9 Å². The second-order valence-corrected chi connectivity index (χ2v) is 10.2. The molecular formula is C27H33N3O5S. The number of nitrogens with zero attached hydrogens (tertiary/aromatic N) is 3. The van der Waals surface area contributed by atoms with Crippen molar-refractivity contribution in [3.8, 4) is 0 Å². The maximum atomic E-state index is 9.55. The lowest BCUT2D eigenvalue weighted by Crippen LogP contribution is -2.46. The number of ether oxygens (including phenoxy) is 1. The number of morpholine rings is 1. The molecule has 0 amide bonds. The average molecular weight is 512 g/mol. The summed E-state index contributed by atoms with van der Waals surface area (Å²) in [5.41, 5.74) is 4.35. The molecule has 0 spiro atoms. The van der Waals surface area contributed by atoms with Crippen LogP contribution in [0.25, 0.3) is 0 Å². The van der Waals surface area contributed by atoms with E-state index in [4.69, 9.17) is 14.9 Å². The minimum Gasteiger partial charge on any atom is -0.478 e. The van der Waals surface area contributed by atoms with Crippen molar-refractivity contribution in [1.82, 2.24) is 9.80 Å². The van der Waals surface area contributed by atoms with Gasteiger partial charge in [-0.1, -0.05) is 30.0 Å². The lowest BCUT2D eigenvalue weighted by molar-refractivity contribution is -0.134. The fraction of sp³-hybridized carbons (Fsp3) is 0.407. The summed E-state index contributed by atoms with van der Waals surface area (Å²) in [5, 5.41) is 15.6. The van der Waals surface area contributed by atoms with Crippen LogP contribution in [0, 0.1) is 0 Å². The molecule has 192 valence electrons. The van der Waals surface area contributed by atoms with Crippen LogP contribution in [0.1, 0.15) is 17.2 Å². The zero-order valence-electron chi connectivity index (χ0n) is 20.5. The van der Waals surface area contributed by atoms with Crippen LogP contribution < -0.4 is 4.90 Å². The average Bonchev–Trinajstić information content (AvgIpc) is 3.05. The van der Waals surface area contributed by atoms with E-state index in [-0.39, 0.29) is 0 Å². The van der Waals surface area contributed by atoms with Gasteiger partial charge in [0.15, 0.2) is 0 Å². The van der Waals surface area contributed by atoms with Crippen molar-refractivity contribution in [2.75, 3.05) is 64.4 Å². The number of rotatable bonds is 4. The van der Waals surface area contributed by atoms with E-state index >= 15 is 0 Å². The Bertz CT molecular complexity index is 1080. The molecule has 1 unspecified atom stereocenters. The zero-order chi connectivity index (χ0) is 25.5. The van der Waals surface area contributed by atoms with Crippen molar-refractivity contribution in [3.63, 3.8) is 0 Å². The van der Waals surface area contributed by atoms with Crippen LogP contribution in [0.2, 0.25) is 0 Å². The molecule has 2 saturated heterocycles. The number of carboxylic acid groups (broad SMARTS) is 2. The molecule has 2 aromatic carbocycles. The first-order valence-electron chi connectivity index (χ1n) is 12.2. The van der Waals surface area contributed by atoms with Crippen LogP contribution in [0.4, 0.5) is 5.69 Å². The summed E-state index contributed by atoms with van der Waals surface area (Å²) in [6.45, 7) is 8.26. The van der Waals surface area contributed by atoms with E-state index in [0.717, 1.165) is 58.9 Å². The highest BCUT2D eigenvalue weighted by Gasteiger charge is 2.30. The molecule has 2 aromatic rings. The Kier molecular flexibility index (Phi) is 9.03. The lowest BCUT2D eigenvalue weighted by atomic mass is 9.96. The fourth-order valence-corrected chi connectivity index (χ4v) is 5.83. The van der Waals surface area contributed by atoms with Crippen molar-refractivity contribution in [1.29, 1.82) is 0 Å². The summed E-state index contributed by atoms with van der Waals surface area (Å²) in [5.74, 6) is -2.51. The van der Waals surface area contributed by atoms with Gasteiger partial charge in [0.1, 0.15) is 0 Å². The van der Waals surface area contributed by atoms with Crippen LogP contribution in [0.5, 0.6) is 0 Å². The van der Waals surface area contributed by atoms with Crippen molar-refractivity contribution in [2.24, 2.45) is 0 Å². The third-order valence-electron chi connectivity index (χ3n) is 6.68. The minimum atomic E-state index is -1.26. The number of likely N-dealkylation sites (N-methyl/N-ethyl adjacent to an activating group) is 1. The van der Waals surface area contributed by atoms with E-state index in [1.54, 1.807) is 0 Å². The molecule has 0 radical (unpaired) electrons. The summed E-state index contributed by atoms with van der Waals surface area (Å²) in [6, 6.07) is 16.6. The molecule has 0 aromatic heterocycles. The molecule has 3 aliphatic heterocycles. The van der Waals surface area contributed by atoms with Crippen molar-refractivity contribution in [3.05, 3.63) is 65.7 Å². The normalized spacial score (nSPS) is 20.6. The van der Waals surface area contributed by atoms with Gasteiger partial charge in [0.05, 0.1) is 13.2 Å². The largest absolute Gasteiger partial charge is 0.478 e. The molecule has 0 saturated carbocycles. The van der Waals surface area contributed by atoms with Crippen LogP contribution >= 0.6 is 11.8 Å². The molecule has 5 rings (SSSR count). The first kappa shape index (κ1) is 26.2. The van der Waals surface area contributed by atoms with E-state index in [1.807, 2.05) is 11.8 Å². The van der Waals surface area contributed by atoms with Crippen molar-refractivity contribution >= 4 is 29.4 Å². The van der Waals surface area contributed by atoms with Gasteiger partial charge >= 0.3 is 11.9 Å². The van der Waals surface area contributed by atoms with Crippen LogP contribution in [0.15, 0.2) is 64.4 Å². The van der Waals surface area contributed by atoms with E-state index < -0.39 is 11.9 Å². The van der Waals surface area contributed by atoms with E-state index in [9.17, 15) is 9.59 Å². The SMILES string of the molecule is CN1CCN(C2Cc3ccccc3Sc3ccc(N4CCOCC4)cc32)CC1.O=C(O)C=CC(=O)O. The van der Waals surface area contributed by atoms with Crippen LogP contribution in [-0.4, -0.2) is 91.5 Å². The monoisotopic (exact) mass is 511 g/mol. The Morgan fingerprint density at radius 3 is 2.25 bits per heavy atom. The molecule has 9 heteroatoms. The highest BCUT2D eigenvalue weighted by molar-refractivity contribution is 7.99. The van der Waals surface area contributed by atoms with Crippen LogP contribution in [0.3, 0.4) is 0 Å². The second kappa shape index (κ2) is 12.4. The number of hydrogen-bond acceptors (Lipinski definition) is 7. The number of aliphatic carboxylic acids is 2. The molecule has 8 nitrogen and oxygen atoms in total. The number of fused-ring (bicyclic) bond motifs is 2. The summed E-state index contributed by atoms with van der Waals surface area (Å²) < 4.78 is 5.56. The molecule has 36 heavy (non-hydrogen) atoms. The maximum Gasteiger partial charge on any atom is 0.328 e. The van der Waals surface area contributed by atoms with E-state index in [1.165, 1.54) is 26.6 Å². The van der Waals surface area contributed by atoms with Crippen LogP contribution in [-0.2, 0) is 20.7 Å². The second-order valence-electron chi connectivity index (χ2n) is 9.10. The summed E-state index contributed by atoms with van der Waals surface area (Å²) in [6.07, 6.45) is 2.22. The predicted octanol–water partition coefficient (Wildman–Crippen LogP) is 3.23. The van der Waals surface area contributed by atoms with Crippen molar-refractivity contribution in [2.45, 2.75) is 22.3 Å². The Morgan fingerprint density at radius 1 is 0.917 bits per heavy atom. The standard InChI is InChI=1S/C23H29N3OS.C4H4O4/c1-24-8-10-26(11-9-24)21-16-18-4-2-3-5-22(18)28-23-7-6-19(17-20(21)23)25-12-14-27-15-13-25;5-3(6)1-2-4(7)8/h2-7,17,21H,8-16H2,1H3;1-2H,(H,5,6)(H,7,8). The molecule has 0 aliphatic carbocycles. The lowest BCUT2D eigenvalue weighted by Gasteiger charge is -2.39. The van der Waals surface area contributed by atoms with Gasteiger partial charge in [0.2, 0.25) is 0 Å². The van der Waals surface area contributed by atoms with E-state index in [2.05, 4.69) is 64.2 Å². The molecule has 3 heterocycles. The van der Waals surface area contributed by atoms with Gasteiger partial charge in [-0.3, -0.25) is 4.90 Å². The molecule has 2 fully saturated rings. The number of hydrogen-bond donors (Lipinski definition) is 2. The molecule has 3 aliphatic rings. The Labute approximate surface area is 216 Å². The molecular weight excluding hydrogens is 478 g/mol. The fourth-order valence-electron chi connectivity index (χ4n) is 4.72. The molecule has 1 atom stereocenters. The number of anilines is 1. The van der Waals surface area contributed by atoms with Crippen molar-refractivity contribution < 1.29 is 24.5 Å². The number of carbonyl (C=O) groups is 2. The highest BCUT2D eigenvalue weighted by Crippen LogP contribution is 2.44. The highest BCUT2D eigenvalue weighted by atomic mass is 32.2. The third kappa shape index (κ3) is 6.88. The first-order chi connectivity index (χ1) is 17.4. The summed E-state index contributed by atoms with van der Waals surface area (Å²) in [4.78, 5) is 29.6. The van der Waals surface area contributed by atoms with Gasteiger partial charge in [-0.2, -0.15) is 0 Å². The Morgan fingerprint density at radius 2 is 1.58 bits per heavy atom. The zero-order valence-corrected chi connectivity index (χ0v) is 21.3. The minimum absolute atomic E-state index is 0.459. The first-order valence-corrected chi connectivity index (χ1v) is 13.0. The third-order valence-corrected chi connectivity index (χ3v) is 7.89. The Balaban J connectivity index is 0.000000331. The number of benzene rings is 2. The van der Waals surface area contributed by atoms with Gasteiger partial charge in [-0.15, -0.1) is 0 Å². The summed E-state index contributed by atoms with van der Waals surface area (Å²) in [7, 11) is 2.24.